The lowest BCUT2D eigenvalue weighted by Crippen LogP contribution is -2.21. The van der Waals surface area contributed by atoms with Gasteiger partial charge in [0.1, 0.15) is 11.8 Å². The average Bonchev–Trinajstić information content (AvgIpc) is 2.94. The van der Waals surface area contributed by atoms with Gasteiger partial charge in [-0.3, -0.25) is 4.68 Å². The smallest absolute Gasteiger partial charge is 0.216 e. The third kappa shape index (κ3) is 3.65. The number of anilines is 1. The van der Waals surface area contributed by atoms with Crippen LogP contribution in [0.3, 0.4) is 0 Å². The molecular formula is C16H26N4O. The second kappa shape index (κ2) is 5.20. The predicted octanol–water partition coefficient (Wildman–Crippen LogP) is 4.10. The molecular weight excluding hydrogens is 264 g/mol. The van der Waals surface area contributed by atoms with Crippen molar-refractivity contribution in [1.29, 1.82) is 0 Å². The van der Waals surface area contributed by atoms with Gasteiger partial charge >= 0.3 is 0 Å². The van der Waals surface area contributed by atoms with E-state index in [1.165, 1.54) is 0 Å². The molecule has 0 aliphatic heterocycles. The van der Waals surface area contributed by atoms with Crippen LogP contribution in [0.4, 0.5) is 5.69 Å². The van der Waals surface area contributed by atoms with Crippen molar-refractivity contribution in [3.05, 3.63) is 30.2 Å². The van der Waals surface area contributed by atoms with Crippen molar-refractivity contribution in [1.82, 2.24) is 14.8 Å². The lowest BCUT2D eigenvalue weighted by molar-refractivity contribution is 0.355. The maximum Gasteiger partial charge on any atom is 0.216 e. The van der Waals surface area contributed by atoms with Crippen molar-refractivity contribution in [3.8, 4) is 0 Å². The summed E-state index contributed by atoms with van der Waals surface area (Å²) < 4.78 is 7.80. The maximum atomic E-state index is 5.86. The highest BCUT2D eigenvalue weighted by Crippen LogP contribution is 2.26. The van der Waals surface area contributed by atoms with E-state index in [0.29, 0.717) is 5.89 Å². The van der Waals surface area contributed by atoms with Gasteiger partial charge in [0.15, 0.2) is 0 Å². The van der Waals surface area contributed by atoms with Gasteiger partial charge in [0.05, 0.1) is 23.6 Å². The average molecular weight is 290 g/mol. The van der Waals surface area contributed by atoms with Crippen molar-refractivity contribution in [2.24, 2.45) is 0 Å². The fourth-order valence-corrected chi connectivity index (χ4v) is 1.91. The van der Waals surface area contributed by atoms with E-state index in [1.807, 2.05) is 30.2 Å². The second-order valence-electron chi connectivity index (χ2n) is 7.52. The van der Waals surface area contributed by atoms with Crippen molar-refractivity contribution < 1.29 is 4.42 Å². The first-order chi connectivity index (χ1) is 9.57. The van der Waals surface area contributed by atoms with E-state index in [-0.39, 0.29) is 17.0 Å². The van der Waals surface area contributed by atoms with Crippen LogP contribution in [0.2, 0.25) is 0 Å². The number of aromatic nitrogens is 3. The Hall–Kier alpha value is -1.78. The van der Waals surface area contributed by atoms with Crippen LogP contribution in [0.25, 0.3) is 0 Å². The monoisotopic (exact) mass is 290 g/mol. The number of nitrogens with zero attached hydrogens (tertiary/aromatic N) is 3. The Morgan fingerprint density at radius 3 is 2.29 bits per heavy atom. The molecule has 0 aliphatic carbocycles. The maximum absolute atomic E-state index is 5.86. The molecule has 5 heteroatoms. The summed E-state index contributed by atoms with van der Waals surface area (Å²) in [4.78, 5) is 4.38. The summed E-state index contributed by atoms with van der Waals surface area (Å²) in [5.74, 6) is 1.60. The molecule has 2 aromatic rings. The molecule has 2 aromatic heterocycles. The van der Waals surface area contributed by atoms with Gasteiger partial charge in [-0.2, -0.15) is 5.10 Å². The summed E-state index contributed by atoms with van der Waals surface area (Å²) >= 11 is 0. The molecule has 0 radical (unpaired) electrons. The zero-order valence-corrected chi connectivity index (χ0v) is 14.1. The number of oxazole rings is 1. The molecule has 0 amide bonds. The van der Waals surface area contributed by atoms with Crippen LogP contribution in [0.15, 0.2) is 23.0 Å². The van der Waals surface area contributed by atoms with Crippen LogP contribution >= 0.6 is 0 Å². The summed E-state index contributed by atoms with van der Waals surface area (Å²) in [6.45, 7) is 14.7. The SMILES string of the molecule is C[C@@H](Nc1cnn(C(C)(C)C)c1)c1ncc(C(C)(C)C)o1. The lowest BCUT2D eigenvalue weighted by atomic mass is 9.94. The largest absolute Gasteiger partial charge is 0.443 e. The van der Waals surface area contributed by atoms with Crippen molar-refractivity contribution >= 4 is 5.69 Å². The summed E-state index contributed by atoms with van der Waals surface area (Å²) in [5, 5.41) is 7.76. The van der Waals surface area contributed by atoms with Crippen molar-refractivity contribution in [2.75, 3.05) is 5.32 Å². The molecule has 1 atom stereocenters. The molecule has 0 spiro atoms. The summed E-state index contributed by atoms with van der Waals surface area (Å²) in [6.07, 6.45) is 5.64. The molecule has 2 rings (SSSR count). The van der Waals surface area contributed by atoms with Crippen LogP contribution in [0.5, 0.6) is 0 Å². The van der Waals surface area contributed by atoms with E-state index in [0.717, 1.165) is 11.4 Å². The first-order valence-electron chi connectivity index (χ1n) is 7.35. The Labute approximate surface area is 126 Å². The van der Waals surface area contributed by atoms with Crippen LogP contribution in [-0.2, 0) is 11.0 Å². The van der Waals surface area contributed by atoms with E-state index in [1.54, 1.807) is 0 Å². The molecule has 0 aromatic carbocycles. The Kier molecular flexibility index (Phi) is 3.87. The number of rotatable bonds is 3. The van der Waals surface area contributed by atoms with Crippen molar-refractivity contribution in [3.63, 3.8) is 0 Å². The van der Waals surface area contributed by atoms with Crippen LogP contribution < -0.4 is 5.32 Å². The molecule has 21 heavy (non-hydrogen) atoms. The van der Waals surface area contributed by atoms with Gasteiger partial charge in [0, 0.05) is 11.6 Å². The highest BCUT2D eigenvalue weighted by Gasteiger charge is 2.22. The molecule has 0 saturated heterocycles. The highest BCUT2D eigenvalue weighted by molar-refractivity contribution is 5.40. The van der Waals surface area contributed by atoms with E-state index in [4.69, 9.17) is 4.42 Å². The van der Waals surface area contributed by atoms with E-state index in [9.17, 15) is 0 Å². The molecule has 0 bridgehead atoms. The quantitative estimate of drug-likeness (QED) is 0.924. The first-order valence-corrected chi connectivity index (χ1v) is 7.35. The van der Waals surface area contributed by atoms with Gasteiger partial charge < -0.3 is 9.73 Å². The molecule has 1 N–H and O–H groups in total. The summed E-state index contributed by atoms with van der Waals surface area (Å²) in [6, 6.07) is -0.00119. The summed E-state index contributed by atoms with van der Waals surface area (Å²) in [5.41, 5.74) is 0.918. The summed E-state index contributed by atoms with van der Waals surface area (Å²) in [7, 11) is 0. The topological polar surface area (TPSA) is 55.9 Å². The minimum absolute atomic E-state index is 0.00119. The van der Waals surface area contributed by atoms with Crippen LogP contribution in [-0.4, -0.2) is 14.8 Å². The second-order valence-corrected chi connectivity index (χ2v) is 7.52. The fourth-order valence-electron chi connectivity index (χ4n) is 1.91. The molecule has 0 unspecified atom stereocenters. The Morgan fingerprint density at radius 1 is 1.14 bits per heavy atom. The van der Waals surface area contributed by atoms with E-state index >= 15 is 0 Å². The number of nitrogens with one attached hydrogen (secondary N) is 1. The third-order valence-corrected chi connectivity index (χ3v) is 3.29. The fraction of sp³-hybridized carbons (Fsp3) is 0.625. The van der Waals surface area contributed by atoms with Gasteiger partial charge in [-0.15, -0.1) is 0 Å². The highest BCUT2D eigenvalue weighted by atomic mass is 16.4. The molecule has 5 nitrogen and oxygen atoms in total. The zero-order valence-electron chi connectivity index (χ0n) is 14.1. The van der Waals surface area contributed by atoms with E-state index < -0.39 is 0 Å². The van der Waals surface area contributed by atoms with Crippen LogP contribution in [0.1, 0.15) is 66.2 Å². The Morgan fingerprint density at radius 2 is 1.81 bits per heavy atom. The molecule has 0 aliphatic rings. The predicted molar refractivity (Wildman–Crippen MR) is 84.5 cm³/mol. The van der Waals surface area contributed by atoms with Gasteiger partial charge in [0.25, 0.3) is 0 Å². The number of hydrogen-bond donors (Lipinski definition) is 1. The first kappa shape index (κ1) is 15.6. The Bertz CT molecular complexity index is 598. The molecule has 116 valence electrons. The van der Waals surface area contributed by atoms with Gasteiger partial charge in [-0.05, 0) is 27.7 Å². The van der Waals surface area contributed by atoms with Gasteiger partial charge in [-0.1, -0.05) is 20.8 Å². The zero-order chi connectivity index (χ0) is 15.8. The van der Waals surface area contributed by atoms with Crippen LogP contribution in [0, 0.1) is 0 Å². The van der Waals surface area contributed by atoms with Crippen molar-refractivity contribution in [2.45, 2.75) is 65.5 Å². The standard InChI is InChI=1S/C16H26N4O/c1-11(14-17-9-13(21-14)15(2,3)4)19-12-8-18-20(10-12)16(5,6)7/h8-11,19H,1-7H3/t11-/m1/s1. The number of hydrogen-bond acceptors (Lipinski definition) is 4. The molecule has 0 fully saturated rings. The molecule has 2 heterocycles. The molecule has 0 saturated carbocycles. The normalized spacial score (nSPS) is 14.2. The minimum atomic E-state index is -0.0257. The minimum Gasteiger partial charge on any atom is -0.443 e. The third-order valence-electron chi connectivity index (χ3n) is 3.29. The Balaban J connectivity index is 2.09. The lowest BCUT2D eigenvalue weighted by Gasteiger charge is -2.18. The van der Waals surface area contributed by atoms with E-state index in [2.05, 4.69) is 56.9 Å². The van der Waals surface area contributed by atoms with Gasteiger partial charge in [-0.25, -0.2) is 4.98 Å². The van der Waals surface area contributed by atoms with Gasteiger partial charge in [0.2, 0.25) is 5.89 Å².